The highest BCUT2D eigenvalue weighted by Crippen LogP contribution is 2.34. The molecule has 6 heteroatoms. The molecule has 1 fully saturated rings. The first-order valence-electron chi connectivity index (χ1n) is 10.5. The van der Waals surface area contributed by atoms with Crippen molar-refractivity contribution in [2.24, 2.45) is 11.8 Å². The van der Waals surface area contributed by atoms with Crippen LogP contribution in [0.3, 0.4) is 0 Å². The lowest BCUT2D eigenvalue weighted by Crippen LogP contribution is -2.15. The highest BCUT2D eigenvalue weighted by atomic mass is 19.2. The van der Waals surface area contributed by atoms with E-state index in [4.69, 9.17) is 4.74 Å². The zero-order valence-corrected chi connectivity index (χ0v) is 17.0. The Morgan fingerprint density at radius 2 is 1.50 bits per heavy atom. The van der Waals surface area contributed by atoms with Crippen molar-refractivity contribution in [2.75, 3.05) is 0 Å². The molecule has 0 aromatic heterocycles. The van der Waals surface area contributed by atoms with Crippen LogP contribution < -0.4 is 4.74 Å². The molecule has 0 atom stereocenters. The molecule has 1 aliphatic carbocycles. The molecule has 30 heavy (non-hydrogen) atoms. The number of benzene rings is 2. The summed E-state index contributed by atoms with van der Waals surface area (Å²) in [5, 5.41) is 0. The minimum Gasteiger partial charge on any atom is -0.423 e. The summed E-state index contributed by atoms with van der Waals surface area (Å²) in [5.74, 6) is -5.53. The van der Waals surface area contributed by atoms with Crippen molar-refractivity contribution in [3.63, 3.8) is 0 Å². The van der Waals surface area contributed by atoms with Gasteiger partial charge in [0, 0.05) is 12.1 Å². The number of halogens is 4. The monoisotopic (exact) mass is 422 g/mol. The van der Waals surface area contributed by atoms with Gasteiger partial charge in [-0.15, -0.1) is 0 Å². The third kappa shape index (κ3) is 5.61. The molecule has 0 bridgehead atoms. The molecule has 3 rings (SSSR count). The van der Waals surface area contributed by atoms with Gasteiger partial charge >= 0.3 is 5.97 Å². The van der Waals surface area contributed by atoms with Crippen LogP contribution in [0.5, 0.6) is 5.75 Å². The van der Waals surface area contributed by atoms with Gasteiger partial charge in [0.25, 0.3) is 0 Å². The second-order valence-corrected chi connectivity index (χ2v) is 8.12. The maximum atomic E-state index is 14.4. The van der Waals surface area contributed by atoms with Crippen LogP contribution in [0, 0.1) is 35.1 Å². The van der Waals surface area contributed by atoms with Gasteiger partial charge in [-0.2, -0.15) is 0 Å². The normalized spacial score (nSPS) is 19.0. The zero-order valence-electron chi connectivity index (χ0n) is 17.0. The predicted octanol–water partition coefficient (Wildman–Crippen LogP) is 7.00. The minimum atomic E-state index is -1.66. The number of aryl methyl sites for hydroxylation is 1. The predicted molar refractivity (Wildman–Crippen MR) is 106 cm³/mol. The Morgan fingerprint density at radius 1 is 0.900 bits per heavy atom. The molecular formula is C24H26F4O2. The maximum Gasteiger partial charge on any atom is 0.346 e. The molecule has 0 saturated heterocycles. The number of carbonyl (C=O) groups excluding carboxylic acids is 1. The fourth-order valence-electron chi connectivity index (χ4n) is 4.22. The van der Waals surface area contributed by atoms with Crippen LogP contribution in [-0.4, -0.2) is 5.97 Å². The summed E-state index contributed by atoms with van der Waals surface area (Å²) >= 11 is 0. The topological polar surface area (TPSA) is 26.3 Å². The van der Waals surface area contributed by atoms with E-state index >= 15 is 0 Å². The van der Waals surface area contributed by atoms with E-state index in [1.54, 1.807) is 6.07 Å². The summed E-state index contributed by atoms with van der Waals surface area (Å²) in [7, 11) is 0. The number of hydrogen-bond acceptors (Lipinski definition) is 2. The van der Waals surface area contributed by atoms with Gasteiger partial charge in [0.1, 0.15) is 11.6 Å². The van der Waals surface area contributed by atoms with E-state index in [1.807, 2.05) is 0 Å². The van der Waals surface area contributed by atoms with Crippen molar-refractivity contribution in [1.29, 1.82) is 0 Å². The Hall–Kier alpha value is -2.37. The van der Waals surface area contributed by atoms with Gasteiger partial charge in [-0.3, -0.25) is 0 Å². The van der Waals surface area contributed by atoms with Crippen LogP contribution in [0.15, 0.2) is 30.3 Å². The van der Waals surface area contributed by atoms with E-state index in [0.717, 1.165) is 24.3 Å². The van der Waals surface area contributed by atoms with E-state index in [1.165, 1.54) is 50.7 Å². The Bertz CT molecular complexity index is 866. The molecule has 0 heterocycles. The smallest absolute Gasteiger partial charge is 0.346 e. The second kappa shape index (κ2) is 10.1. The highest BCUT2D eigenvalue weighted by Gasteiger charge is 2.21. The van der Waals surface area contributed by atoms with E-state index in [9.17, 15) is 22.4 Å². The molecule has 162 valence electrons. The van der Waals surface area contributed by atoms with Gasteiger partial charge in [-0.05, 0) is 42.4 Å². The van der Waals surface area contributed by atoms with Gasteiger partial charge in [0.15, 0.2) is 17.5 Å². The van der Waals surface area contributed by atoms with Crippen LogP contribution >= 0.6 is 0 Å². The molecule has 2 nitrogen and oxygen atoms in total. The standard InChI is InChI=1S/C24H26F4O2/c1-2-3-15-4-6-16(7-5-15)8-9-17-10-11-19(20(25)12-17)24(29)30-18-13-21(26)23(28)22(27)14-18/h10-16H,2-9H2,1H3. The lowest BCUT2D eigenvalue weighted by atomic mass is 9.78. The van der Waals surface area contributed by atoms with Crippen LogP contribution in [0.2, 0.25) is 0 Å². The summed E-state index contributed by atoms with van der Waals surface area (Å²) < 4.78 is 58.7. The lowest BCUT2D eigenvalue weighted by molar-refractivity contribution is 0.0728. The zero-order chi connectivity index (χ0) is 21.7. The Labute approximate surface area is 174 Å². The lowest BCUT2D eigenvalue weighted by Gasteiger charge is -2.28. The molecule has 0 radical (unpaired) electrons. The van der Waals surface area contributed by atoms with Crippen LogP contribution in [0.1, 0.15) is 67.8 Å². The first kappa shape index (κ1) is 22.3. The summed E-state index contributed by atoms with van der Waals surface area (Å²) in [6.07, 6.45) is 9.19. The third-order valence-electron chi connectivity index (χ3n) is 5.93. The maximum absolute atomic E-state index is 14.4. The van der Waals surface area contributed by atoms with E-state index < -0.39 is 35.0 Å². The number of rotatable bonds is 7. The van der Waals surface area contributed by atoms with E-state index in [2.05, 4.69) is 6.92 Å². The molecule has 0 unspecified atom stereocenters. The third-order valence-corrected chi connectivity index (χ3v) is 5.93. The molecule has 1 saturated carbocycles. The van der Waals surface area contributed by atoms with Crippen LogP contribution in [-0.2, 0) is 6.42 Å². The molecule has 0 spiro atoms. The summed E-state index contributed by atoms with van der Waals surface area (Å²) in [4.78, 5) is 12.1. The molecule has 0 amide bonds. The Morgan fingerprint density at radius 3 is 2.07 bits per heavy atom. The average molecular weight is 422 g/mol. The Balaban J connectivity index is 1.56. The molecule has 2 aromatic carbocycles. The molecule has 0 aliphatic heterocycles. The van der Waals surface area contributed by atoms with Crippen molar-refractivity contribution in [3.05, 3.63) is 64.7 Å². The van der Waals surface area contributed by atoms with Crippen LogP contribution in [0.25, 0.3) is 0 Å². The molecule has 1 aliphatic rings. The minimum absolute atomic E-state index is 0.344. The molecule has 0 N–H and O–H groups in total. The Kier molecular flexibility index (Phi) is 7.51. The quantitative estimate of drug-likeness (QED) is 0.208. The number of esters is 1. The van der Waals surface area contributed by atoms with Gasteiger partial charge in [0.05, 0.1) is 5.56 Å². The van der Waals surface area contributed by atoms with Crippen LogP contribution in [0.4, 0.5) is 17.6 Å². The summed E-state index contributed by atoms with van der Waals surface area (Å²) in [6.45, 7) is 2.22. The van der Waals surface area contributed by atoms with Crippen molar-refractivity contribution >= 4 is 5.97 Å². The summed E-state index contributed by atoms with van der Waals surface area (Å²) in [6, 6.07) is 5.34. The van der Waals surface area contributed by atoms with Crippen molar-refractivity contribution in [1.82, 2.24) is 0 Å². The number of hydrogen-bond donors (Lipinski definition) is 0. The van der Waals surface area contributed by atoms with Gasteiger partial charge < -0.3 is 4.74 Å². The number of carbonyl (C=O) groups is 1. The van der Waals surface area contributed by atoms with Crippen molar-refractivity contribution in [2.45, 2.75) is 58.3 Å². The largest absolute Gasteiger partial charge is 0.423 e. The molecule has 2 aromatic rings. The first-order valence-corrected chi connectivity index (χ1v) is 10.5. The second-order valence-electron chi connectivity index (χ2n) is 8.12. The first-order chi connectivity index (χ1) is 14.4. The van der Waals surface area contributed by atoms with Crippen molar-refractivity contribution in [3.8, 4) is 5.75 Å². The fourth-order valence-corrected chi connectivity index (χ4v) is 4.22. The van der Waals surface area contributed by atoms with E-state index in [0.29, 0.717) is 18.1 Å². The highest BCUT2D eigenvalue weighted by molar-refractivity contribution is 5.91. The average Bonchev–Trinajstić information content (AvgIpc) is 2.71. The van der Waals surface area contributed by atoms with Gasteiger partial charge in [-0.25, -0.2) is 22.4 Å². The van der Waals surface area contributed by atoms with Gasteiger partial charge in [0.2, 0.25) is 0 Å². The number of ether oxygens (including phenoxy) is 1. The van der Waals surface area contributed by atoms with Gasteiger partial charge in [-0.1, -0.05) is 51.5 Å². The van der Waals surface area contributed by atoms with Crippen molar-refractivity contribution < 1.29 is 27.1 Å². The SMILES string of the molecule is CCCC1CCC(CCc2ccc(C(=O)Oc3cc(F)c(F)c(F)c3)c(F)c2)CC1. The fraction of sp³-hybridized carbons (Fsp3) is 0.458. The van der Waals surface area contributed by atoms with E-state index in [-0.39, 0.29) is 5.56 Å². The molecular weight excluding hydrogens is 396 g/mol. The summed E-state index contributed by atoms with van der Waals surface area (Å²) in [5.41, 5.74) is 0.447.